The largest absolute Gasteiger partial charge is 0.455 e. The summed E-state index contributed by atoms with van der Waals surface area (Å²) < 4.78 is 11.6. The summed E-state index contributed by atoms with van der Waals surface area (Å²) in [6, 6.07) is 24.4. The van der Waals surface area contributed by atoms with Gasteiger partial charge in [0, 0.05) is 10.9 Å². The molecule has 0 saturated heterocycles. The maximum atomic E-state index is 12.7. The van der Waals surface area contributed by atoms with Crippen molar-refractivity contribution in [2.75, 3.05) is 5.32 Å². The van der Waals surface area contributed by atoms with Gasteiger partial charge in [-0.1, -0.05) is 48.5 Å². The van der Waals surface area contributed by atoms with Gasteiger partial charge in [0.05, 0.1) is 5.69 Å². The molecule has 0 atom stereocenters. The average Bonchev–Trinajstić information content (AvgIpc) is 3.01. The zero-order valence-electron chi connectivity index (χ0n) is 14.2. The molecule has 1 aromatic heterocycles. The molecule has 1 N–H and O–H groups in total. The van der Waals surface area contributed by atoms with Gasteiger partial charge in [-0.2, -0.15) is 0 Å². The summed E-state index contributed by atoms with van der Waals surface area (Å²) in [4.78, 5) is 12.7. The van der Waals surface area contributed by atoms with Gasteiger partial charge in [0.1, 0.15) is 11.3 Å². The third kappa shape index (κ3) is 3.05. The summed E-state index contributed by atoms with van der Waals surface area (Å²) in [6.45, 7) is 1.88. The van der Waals surface area contributed by atoms with Gasteiger partial charge in [0.15, 0.2) is 11.5 Å². The van der Waals surface area contributed by atoms with Crippen molar-refractivity contribution in [1.29, 1.82) is 0 Å². The lowest BCUT2D eigenvalue weighted by atomic mass is 10.1. The van der Waals surface area contributed by atoms with E-state index >= 15 is 0 Å². The molecule has 3 aromatic carbocycles. The summed E-state index contributed by atoms with van der Waals surface area (Å²) in [7, 11) is 0. The van der Waals surface area contributed by atoms with Gasteiger partial charge in [-0.15, -0.1) is 0 Å². The Bertz CT molecular complexity index is 1070. The van der Waals surface area contributed by atoms with Crippen LogP contribution in [0.25, 0.3) is 11.0 Å². The Morgan fingerprint density at radius 2 is 1.58 bits per heavy atom. The second-order valence-corrected chi connectivity index (χ2v) is 5.92. The molecular weight excluding hydrogens is 326 g/mol. The summed E-state index contributed by atoms with van der Waals surface area (Å²) in [5, 5.41) is 3.83. The molecule has 1 amide bonds. The van der Waals surface area contributed by atoms with Crippen LogP contribution in [0.5, 0.6) is 11.5 Å². The standard InChI is InChI=1S/C22H17NO3/c1-15-17-11-5-7-13-19(17)26-21(15)22(24)23-18-12-6-8-14-20(18)25-16-9-3-2-4-10-16/h2-14H,1H3,(H,23,24). The molecule has 4 rings (SSSR count). The molecule has 0 unspecified atom stereocenters. The zero-order chi connectivity index (χ0) is 17.9. The molecule has 0 aliphatic rings. The minimum atomic E-state index is -0.303. The molecule has 0 spiro atoms. The van der Waals surface area contributed by atoms with E-state index in [-0.39, 0.29) is 5.91 Å². The Morgan fingerprint density at radius 3 is 2.38 bits per heavy atom. The number of carbonyl (C=O) groups excluding carboxylic acids is 1. The molecule has 0 fully saturated rings. The quantitative estimate of drug-likeness (QED) is 0.510. The van der Waals surface area contributed by atoms with Crippen LogP contribution in [0.2, 0.25) is 0 Å². The van der Waals surface area contributed by atoms with Crippen LogP contribution >= 0.6 is 0 Å². The molecule has 4 nitrogen and oxygen atoms in total. The molecular formula is C22H17NO3. The molecule has 1 heterocycles. The fourth-order valence-electron chi connectivity index (χ4n) is 2.84. The third-order valence-electron chi connectivity index (χ3n) is 4.16. The van der Waals surface area contributed by atoms with Gasteiger partial charge in [-0.05, 0) is 37.3 Å². The zero-order valence-corrected chi connectivity index (χ0v) is 14.2. The Hall–Kier alpha value is -3.53. The molecule has 0 saturated carbocycles. The maximum absolute atomic E-state index is 12.7. The lowest BCUT2D eigenvalue weighted by molar-refractivity contribution is 0.0997. The SMILES string of the molecule is Cc1c(C(=O)Nc2ccccc2Oc2ccccc2)oc2ccccc12. The number of rotatable bonds is 4. The van der Waals surface area contributed by atoms with E-state index < -0.39 is 0 Å². The summed E-state index contributed by atoms with van der Waals surface area (Å²) in [5.41, 5.74) is 2.10. The lowest BCUT2D eigenvalue weighted by Gasteiger charge is -2.11. The number of amides is 1. The first-order valence-electron chi connectivity index (χ1n) is 8.34. The molecule has 4 aromatic rings. The van der Waals surface area contributed by atoms with Gasteiger partial charge in [-0.3, -0.25) is 4.79 Å². The normalized spacial score (nSPS) is 10.7. The van der Waals surface area contributed by atoms with Gasteiger partial charge in [0.2, 0.25) is 0 Å². The second kappa shape index (κ2) is 6.76. The van der Waals surface area contributed by atoms with Crippen molar-refractivity contribution < 1.29 is 13.9 Å². The predicted octanol–water partition coefficient (Wildman–Crippen LogP) is 5.79. The predicted molar refractivity (Wildman–Crippen MR) is 102 cm³/mol. The fraction of sp³-hybridized carbons (Fsp3) is 0.0455. The minimum Gasteiger partial charge on any atom is -0.455 e. The number of anilines is 1. The van der Waals surface area contributed by atoms with Gasteiger partial charge >= 0.3 is 0 Å². The van der Waals surface area contributed by atoms with Crippen molar-refractivity contribution in [2.45, 2.75) is 6.92 Å². The van der Waals surface area contributed by atoms with Crippen LogP contribution < -0.4 is 10.1 Å². The van der Waals surface area contributed by atoms with E-state index in [2.05, 4.69) is 5.32 Å². The van der Waals surface area contributed by atoms with E-state index in [1.165, 1.54) is 0 Å². The van der Waals surface area contributed by atoms with Gasteiger partial charge in [0.25, 0.3) is 5.91 Å². The number of para-hydroxylation sites is 4. The van der Waals surface area contributed by atoms with Crippen molar-refractivity contribution in [3.05, 3.63) is 90.2 Å². The van der Waals surface area contributed by atoms with Crippen molar-refractivity contribution in [1.82, 2.24) is 0 Å². The van der Waals surface area contributed by atoms with Crippen molar-refractivity contribution >= 4 is 22.6 Å². The highest BCUT2D eigenvalue weighted by Gasteiger charge is 2.18. The highest BCUT2D eigenvalue weighted by molar-refractivity contribution is 6.07. The smallest absolute Gasteiger partial charge is 0.291 e. The van der Waals surface area contributed by atoms with Crippen LogP contribution in [0.4, 0.5) is 5.69 Å². The Labute approximate surface area is 151 Å². The number of nitrogens with one attached hydrogen (secondary N) is 1. The first-order valence-corrected chi connectivity index (χ1v) is 8.34. The molecule has 128 valence electrons. The number of benzene rings is 3. The second-order valence-electron chi connectivity index (χ2n) is 5.92. The van der Waals surface area contributed by atoms with Crippen molar-refractivity contribution in [2.24, 2.45) is 0 Å². The van der Waals surface area contributed by atoms with Crippen molar-refractivity contribution in [3.63, 3.8) is 0 Å². The molecule has 0 aliphatic carbocycles. The number of hydrogen-bond donors (Lipinski definition) is 1. The number of aryl methyl sites for hydroxylation is 1. The molecule has 26 heavy (non-hydrogen) atoms. The Balaban J connectivity index is 1.62. The average molecular weight is 343 g/mol. The monoisotopic (exact) mass is 343 g/mol. The number of furan rings is 1. The van der Waals surface area contributed by atoms with Crippen LogP contribution in [0.1, 0.15) is 16.1 Å². The van der Waals surface area contributed by atoms with E-state index in [0.29, 0.717) is 28.5 Å². The van der Waals surface area contributed by atoms with Crippen LogP contribution in [0, 0.1) is 6.92 Å². The van der Waals surface area contributed by atoms with Crippen LogP contribution in [-0.4, -0.2) is 5.91 Å². The Morgan fingerprint density at radius 1 is 0.885 bits per heavy atom. The molecule has 0 radical (unpaired) electrons. The fourth-order valence-corrected chi connectivity index (χ4v) is 2.84. The van der Waals surface area contributed by atoms with Crippen molar-refractivity contribution in [3.8, 4) is 11.5 Å². The summed E-state index contributed by atoms with van der Waals surface area (Å²) in [6.07, 6.45) is 0. The highest BCUT2D eigenvalue weighted by atomic mass is 16.5. The maximum Gasteiger partial charge on any atom is 0.291 e. The minimum absolute atomic E-state index is 0.303. The van der Waals surface area contributed by atoms with Gasteiger partial charge < -0.3 is 14.5 Å². The third-order valence-corrected chi connectivity index (χ3v) is 4.16. The van der Waals surface area contributed by atoms with Crippen LogP contribution in [0.3, 0.4) is 0 Å². The van der Waals surface area contributed by atoms with E-state index in [1.54, 1.807) is 6.07 Å². The first kappa shape index (κ1) is 16.0. The molecule has 0 bridgehead atoms. The summed E-state index contributed by atoms with van der Waals surface area (Å²) in [5.74, 6) is 1.28. The summed E-state index contributed by atoms with van der Waals surface area (Å²) >= 11 is 0. The highest BCUT2D eigenvalue weighted by Crippen LogP contribution is 2.31. The molecule has 4 heteroatoms. The number of ether oxygens (including phenoxy) is 1. The number of carbonyl (C=O) groups is 1. The molecule has 0 aliphatic heterocycles. The first-order chi connectivity index (χ1) is 12.7. The number of fused-ring (bicyclic) bond motifs is 1. The van der Waals surface area contributed by atoms with E-state index in [0.717, 1.165) is 10.9 Å². The Kier molecular flexibility index (Phi) is 4.15. The van der Waals surface area contributed by atoms with Gasteiger partial charge in [-0.25, -0.2) is 0 Å². The van der Waals surface area contributed by atoms with E-state index in [9.17, 15) is 4.79 Å². The van der Waals surface area contributed by atoms with E-state index in [4.69, 9.17) is 9.15 Å². The van der Waals surface area contributed by atoms with E-state index in [1.807, 2.05) is 79.7 Å². The topological polar surface area (TPSA) is 51.5 Å². The number of hydrogen-bond acceptors (Lipinski definition) is 3. The van der Waals surface area contributed by atoms with Crippen LogP contribution in [0.15, 0.2) is 83.3 Å². The lowest BCUT2D eigenvalue weighted by Crippen LogP contribution is -2.12. The van der Waals surface area contributed by atoms with Crippen LogP contribution in [-0.2, 0) is 0 Å².